The molecular weight excluding hydrogens is 899 g/mol. The highest BCUT2D eigenvalue weighted by Gasteiger charge is 2.31. The molecule has 0 amide bonds. The quantitative estimate of drug-likeness (QED) is 0.164. The first kappa shape index (κ1) is 43.7. The number of anilines is 2. The second-order valence-electron chi connectivity index (χ2n) is 17.2. The van der Waals surface area contributed by atoms with Crippen LogP contribution in [0.15, 0.2) is 114 Å². The molecule has 16 nitrogen and oxygen atoms in total. The first-order chi connectivity index (χ1) is 32.3. The lowest BCUT2D eigenvalue weighted by molar-refractivity contribution is 0.144. The van der Waals surface area contributed by atoms with E-state index in [0.29, 0.717) is 36.6 Å². The lowest BCUT2D eigenvalue weighted by atomic mass is 9.83. The van der Waals surface area contributed by atoms with Gasteiger partial charge in [-0.05, 0) is 103 Å². The number of aliphatic hydroxyl groups excluding tert-OH is 2. The zero-order chi connectivity index (χ0) is 45.1. The third kappa shape index (κ3) is 9.28. The van der Waals surface area contributed by atoms with E-state index < -0.39 is 7.12 Å². The molecule has 2 aromatic carbocycles. The van der Waals surface area contributed by atoms with Crippen molar-refractivity contribution in [1.29, 1.82) is 0 Å². The van der Waals surface area contributed by atoms with Gasteiger partial charge in [-0.15, -0.1) is 0 Å². The van der Waals surface area contributed by atoms with Gasteiger partial charge in [0.25, 0.3) is 0 Å². The average molecular weight is 950 g/mol. The van der Waals surface area contributed by atoms with E-state index in [1.165, 1.54) is 40.6 Å². The summed E-state index contributed by atoms with van der Waals surface area (Å²) in [5.41, 5.74) is 11.3. The lowest BCUT2D eigenvalue weighted by Crippen LogP contribution is -2.38. The fourth-order valence-electron chi connectivity index (χ4n) is 9.42. The Morgan fingerprint density at radius 1 is 0.530 bits per heavy atom. The van der Waals surface area contributed by atoms with Gasteiger partial charge in [0.1, 0.15) is 4.60 Å². The number of aliphatic hydroxyl groups is 2. The molecule has 336 valence electrons. The normalized spacial score (nSPS) is 18.4. The molecule has 2 unspecified atom stereocenters. The van der Waals surface area contributed by atoms with Crippen molar-refractivity contribution in [3.8, 4) is 11.3 Å². The largest absolute Gasteiger partial charge is 0.491 e. The Labute approximate surface area is 390 Å². The minimum atomic E-state index is -1.53. The van der Waals surface area contributed by atoms with Crippen molar-refractivity contribution in [3.05, 3.63) is 148 Å². The smallest absolute Gasteiger partial charge is 0.423 e. The minimum absolute atomic E-state index is 0.205. The molecule has 2 aliphatic heterocycles. The highest BCUT2D eigenvalue weighted by Crippen LogP contribution is 2.39. The van der Waals surface area contributed by atoms with Crippen LogP contribution in [0.1, 0.15) is 84.3 Å². The molecule has 0 saturated carbocycles. The van der Waals surface area contributed by atoms with Crippen LogP contribution >= 0.6 is 15.9 Å². The van der Waals surface area contributed by atoms with Crippen LogP contribution < -0.4 is 15.3 Å². The maximum absolute atomic E-state index is 9.71. The van der Waals surface area contributed by atoms with Crippen LogP contribution in [0.3, 0.4) is 0 Å². The van der Waals surface area contributed by atoms with Gasteiger partial charge in [0.15, 0.2) is 11.3 Å². The lowest BCUT2D eigenvalue weighted by Gasteiger charge is -2.29. The first-order valence-corrected chi connectivity index (χ1v) is 23.4. The van der Waals surface area contributed by atoms with Gasteiger partial charge in [0, 0.05) is 73.8 Å². The van der Waals surface area contributed by atoms with E-state index >= 15 is 0 Å². The fraction of sp³-hybridized carbons (Fsp3) is 0.333. The summed E-state index contributed by atoms with van der Waals surface area (Å²) in [4.78, 5) is 30.9. The van der Waals surface area contributed by atoms with Crippen LogP contribution in [0, 0.1) is 0 Å². The number of aromatic nitrogens is 10. The minimum Gasteiger partial charge on any atom is -0.423 e. The van der Waals surface area contributed by atoms with Gasteiger partial charge in [-0.25, -0.2) is 38.9 Å². The van der Waals surface area contributed by atoms with E-state index in [2.05, 4.69) is 112 Å². The van der Waals surface area contributed by atoms with Gasteiger partial charge in [0.05, 0.1) is 40.7 Å². The number of imidazole rings is 2. The Balaban J connectivity index is 0.000000125. The van der Waals surface area contributed by atoms with Gasteiger partial charge >= 0.3 is 7.12 Å². The maximum atomic E-state index is 9.71. The summed E-state index contributed by atoms with van der Waals surface area (Å²) in [6.07, 6.45) is 13.2. The molecule has 8 aromatic rings. The summed E-state index contributed by atoms with van der Waals surface area (Å²) in [6, 6.07) is 29.2. The monoisotopic (exact) mass is 948 g/mol. The van der Waals surface area contributed by atoms with Crippen molar-refractivity contribution < 1.29 is 20.3 Å². The second-order valence-corrected chi connectivity index (χ2v) is 18.0. The zero-order valence-corrected chi connectivity index (χ0v) is 37.9. The Morgan fingerprint density at radius 2 is 0.985 bits per heavy atom. The van der Waals surface area contributed by atoms with Crippen LogP contribution in [0.4, 0.5) is 11.9 Å². The second kappa shape index (κ2) is 19.3. The standard InChI is InChI=1S/C24H24N6O.C15H12BrN3.C9H14BN3O3/c31-18-10-12-29(13-11-18)24-25-14-17(15-26-24)20-8-9-22-27-21-7-6-19(23(21)30(22)28-20)16-4-2-1-3-5-16;16-13-8-9-14-17-12-7-6-11(15(12)19(14)18-13)10-4-2-1-3-5-10;14-8-1-3-13(4-2-8)9-11-5-7(6-12-9)10(15)16/h1-5,8-9,14-15,18-19,31H,6-7,10-13H2;1-5,8-9,11H,6-7H2;5-6,8,14-16H,1-4H2. The number of fused-ring (bicyclic) bond motifs is 6. The molecule has 8 heterocycles. The summed E-state index contributed by atoms with van der Waals surface area (Å²) < 4.78 is 4.85. The summed E-state index contributed by atoms with van der Waals surface area (Å²) in [6.45, 7) is 3.02. The molecule has 4 aliphatic rings. The summed E-state index contributed by atoms with van der Waals surface area (Å²) >= 11 is 3.44. The summed E-state index contributed by atoms with van der Waals surface area (Å²) in [5.74, 6) is 2.01. The fourth-order valence-corrected chi connectivity index (χ4v) is 9.71. The predicted molar refractivity (Wildman–Crippen MR) is 255 cm³/mol. The highest BCUT2D eigenvalue weighted by molar-refractivity contribution is 9.10. The van der Waals surface area contributed by atoms with E-state index in [-0.39, 0.29) is 17.7 Å². The number of hydrogen-bond acceptors (Lipinski definition) is 14. The van der Waals surface area contributed by atoms with Gasteiger partial charge < -0.3 is 30.1 Å². The molecule has 4 N–H and O–H groups in total. The van der Waals surface area contributed by atoms with Crippen molar-refractivity contribution in [1.82, 2.24) is 49.1 Å². The van der Waals surface area contributed by atoms with Crippen LogP contribution in [0.5, 0.6) is 0 Å². The first-order valence-electron chi connectivity index (χ1n) is 22.6. The van der Waals surface area contributed by atoms with E-state index in [1.54, 1.807) is 0 Å². The number of piperidine rings is 2. The SMILES string of the molecule is Brc1ccc2nc3c(n2n1)C(c1ccccc1)CC3.OB(O)c1cnc(N2CCC(O)CC2)nc1.OC1CCN(c2ncc(-c3ccc4nc5c(n4n3)C(c3ccccc3)CC5)cn2)CC1. The molecule has 2 fully saturated rings. The summed E-state index contributed by atoms with van der Waals surface area (Å²) in [7, 11) is -1.53. The highest BCUT2D eigenvalue weighted by atomic mass is 79.9. The molecule has 0 bridgehead atoms. The molecule has 6 aromatic heterocycles. The number of benzene rings is 2. The third-order valence-corrected chi connectivity index (χ3v) is 13.4. The zero-order valence-electron chi connectivity index (χ0n) is 36.3. The van der Waals surface area contributed by atoms with Crippen molar-refractivity contribution in [3.63, 3.8) is 0 Å². The number of nitrogens with zero attached hydrogens (tertiary/aromatic N) is 12. The van der Waals surface area contributed by atoms with Gasteiger partial charge in [-0.1, -0.05) is 60.7 Å². The Bertz CT molecular complexity index is 2890. The van der Waals surface area contributed by atoms with Crippen molar-refractivity contribution in [2.45, 2.75) is 75.4 Å². The molecule has 0 spiro atoms. The Morgan fingerprint density at radius 3 is 1.47 bits per heavy atom. The van der Waals surface area contributed by atoms with Crippen molar-refractivity contribution in [2.75, 3.05) is 36.0 Å². The van der Waals surface area contributed by atoms with Gasteiger partial charge in [-0.3, -0.25) is 0 Å². The van der Waals surface area contributed by atoms with Crippen LogP contribution in [-0.4, -0.2) is 115 Å². The number of hydrogen-bond donors (Lipinski definition) is 4. The Kier molecular flexibility index (Phi) is 12.8. The average Bonchev–Trinajstić information content (AvgIpc) is 4.14. The summed E-state index contributed by atoms with van der Waals surface area (Å²) in [5, 5.41) is 46.3. The van der Waals surface area contributed by atoms with Crippen LogP contribution in [0.25, 0.3) is 22.6 Å². The molecule has 0 radical (unpaired) electrons. The number of halogens is 1. The predicted octanol–water partition coefficient (Wildman–Crippen LogP) is 4.91. The van der Waals surface area contributed by atoms with E-state index in [9.17, 15) is 10.2 Å². The number of aryl methyl sites for hydroxylation is 2. The molecule has 18 heteroatoms. The molecular formula is C48H50BBrN12O4. The van der Waals surface area contributed by atoms with Gasteiger partial charge in [-0.2, -0.15) is 10.2 Å². The van der Waals surface area contributed by atoms with E-state index in [1.807, 2.05) is 50.6 Å². The third-order valence-electron chi connectivity index (χ3n) is 12.9. The van der Waals surface area contributed by atoms with Crippen LogP contribution in [0.2, 0.25) is 0 Å². The molecule has 12 rings (SSSR count). The number of rotatable bonds is 6. The molecule has 2 atom stereocenters. The van der Waals surface area contributed by atoms with E-state index in [0.717, 1.165) is 97.6 Å². The molecule has 66 heavy (non-hydrogen) atoms. The van der Waals surface area contributed by atoms with Gasteiger partial charge in [0.2, 0.25) is 11.9 Å². The van der Waals surface area contributed by atoms with E-state index in [4.69, 9.17) is 20.1 Å². The molecule has 2 saturated heterocycles. The van der Waals surface area contributed by atoms with Crippen LogP contribution in [-0.2, 0) is 12.8 Å². The molecule has 2 aliphatic carbocycles. The maximum Gasteiger partial charge on any atom is 0.491 e. The Hall–Kier alpha value is -6.18. The van der Waals surface area contributed by atoms with Crippen molar-refractivity contribution in [2.24, 2.45) is 0 Å². The topological polar surface area (TPSA) is 199 Å². The van der Waals surface area contributed by atoms with Crippen molar-refractivity contribution >= 4 is 51.7 Å².